The number of ether oxygens (including phenoxy) is 1. The van der Waals surface area contributed by atoms with Crippen LogP contribution in [0.5, 0.6) is 0 Å². The summed E-state index contributed by atoms with van der Waals surface area (Å²) < 4.78 is 38.0. The minimum atomic E-state index is -5.08. The van der Waals surface area contributed by atoms with E-state index in [1.165, 1.54) is 12.8 Å². The second-order valence-electron chi connectivity index (χ2n) is 13.3. The highest BCUT2D eigenvalue weighted by Crippen LogP contribution is 2.42. The first kappa shape index (κ1) is 36.6. The van der Waals surface area contributed by atoms with E-state index >= 15 is 0 Å². The predicted molar refractivity (Wildman–Crippen MR) is 167 cm³/mol. The minimum Gasteiger partial charge on any atom is -0.475 e. The van der Waals surface area contributed by atoms with Gasteiger partial charge >= 0.3 is 18.2 Å². The van der Waals surface area contributed by atoms with E-state index in [4.69, 9.17) is 14.6 Å². The molecule has 0 aliphatic carbocycles. The molecule has 4 rings (SSSR count). The number of rotatable bonds is 10. The van der Waals surface area contributed by atoms with Gasteiger partial charge in [-0.2, -0.15) is 13.2 Å². The molecular formula is C34H52F3N3O5. The third-order valence-electron chi connectivity index (χ3n) is 9.62. The van der Waals surface area contributed by atoms with E-state index in [0.29, 0.717) is 12.0 Å². The number of carboxylic acids is 1. The number of hydrogen-bond donors (Lipinski definition) is 1. The van der Waals surface area contributed by atoms with Gasteiger partial charge in [-0.05, 0) is 56.6 Å². The van der Waals surface area contributed by atoms with Gasteiger partial charge in [-0.1, -0.05) is 64.7 Å². The first-order valence-corrected chi connectivity index (χ1v) is 16.6. The minimum absolute atomic E-state index is 0.0811. The lowest BCUT2D eigenvalue weighted by molar-refractivity contribution is -0.192. The molecule has 3 aliphatic heterocycles. The van der Waals surface area contributed by atoms with Crippen LogP contribution in [0, 0.1) is 19.8 Å². The molecule has 8 nitrogen and oxygen atoms in total. The first-order valence-electron chi connectivity index (χ1n) is 16.6. The molecule has 1 aromatic rings. The topological polar surface area (TPSA) is 90.4 Å². The Balaban J connectivity index is 0.000000707. The van der Waals surface area contributed by atoms with Crippen molar-refractivity contribution in [2.45, 2.75) is 123 Å². The third-order valence-corrected chi connectivity index (χ3v) is 9.62. The number of halogens is 3. The van der Waals surface area contributed by atoms with E-state index in [1.54, 1.807) is 0 Å². The van der Waals surface area contributed by atoms with Crippen LogP contribution < -0.4 is 0 Å². The predicted octanol–water partition coefficient (Wildman–Crippen LogP) is 7.21. The van der Waals surface area contributed by atoms with Gasteiger partial charge in [0.05, 0.1) is 6.04 Å². The third kappa shape index (κ3) is 9.59. The lowest BCUT2D eigenvalue weighted by Crippen LogP contribution is -2.56. The molecule has 45 heavy (non-hydrogen) atoms. The van der Waals surface area contributed by atoms with Gasteiger partial charge in [0.25, 0.3) is 5.91 Å². The van der Waals surface area contributed by atoms with Crippen molar-refractivity contribution in [3.8, 4) is 0 Å². The first-order chi connectivity index (χ1) is 21.2. The van der Waals surface area contributed by atoms with E-state index in [2.05, 4.69) is 30.6 Å². The van der Waals surface area contributed by atoms with Crippen molar-refractivity contribution in [1.82, 2.24) is 14.7 Å². The van der Waals surface area contributed by atoms with Crippen molar-refractivity contribution >= 4 is 18.0 Å². The van der Waals surface area contributed by atoms with Crippen LogP contribution in [0.2, 0.25) is 0 Å². The SMILES string of the molecule is CCCCC1N(CCCCC(C)C)C(=O)OC12CCN(C1CCN(C(=O)c3c(C)cccc3C)CC1)CC2.O=C(O)C(F)(F)F. The fourth-order valence-corrected chi connectivity index (χ4v) is 7.06. The normalized spacial score (nSPS) is 20.7. The second kappa shape index (κ2) is 16.1. The Labute approximate surface area is 266 Å². The van der Waals surface area contributed by atoms with Crippen LogP contribution in [-0.2, 0) is 9.53 Å². The zero-order valence-electron chi connectivity index (χ0n) is 27.6. The molecule has 2 amide bonds. The van der Waals surface area contributed by atoms with E-state index in [0.717, 1.165) is 101 Å². The number of nitrogens with zero attached hydrogens (tertiary/aromatic N) is 3. The number of hydrogen-bond acceptors (Lipinski definition) is 5. The van der Waals surface area contributed by atoms with Crippen LogP contribution in [0.25, 0.3) is 0 Å². The van der Waals surface area contributed by atoms with Crippen LogP contribution in [-0.4, -0.2) is 94.4 Å². The summed E-state index contributed by atoms with van der Waals surface area (Å²) in [6, 6.07) is 6.82. The van der Waals surface area contributed by atoms with Gasteiger partial charge in [-0.3, -0.25) is 9.69 Å². The fourth-order valence-electron chi connectivity index (χ4n) is 7.06. The number of piperidine rings is 2. The Morgan fingerprint density at radius 3 is 2.11 bits per heavy atom. The summed E-state index contributed by atoms with van der Waals surface area (Å²) >= 11 is 0. The van der Waals surface area contributed by atoms with E-state index < -0.39 is 12.1 Å². The number of unbranched alkanes of at least 4 members (excludes halogenated alkanes) is 2. The zero-order chi connectivity index (χ0) is 33.4. The van der Waals surface area contributed by atoms with Crippen LogP contribution in [0.4, 0.5) is 18.0 Å². The molecule has 254 valence electrons. The molecule has 1 aromatic carbocycles. The summed E-state index contributed by atoms with van der Waals surface area (Å²) in [5.41, 5.74) is 2.69. The fraction of sp³-hybridized carbons (Fsp3) is 0.735. The van der Waals surface area contributed by atoms with Crippen molar-refractivity contribution < 1.29 is 37.4 Å². The molecule has 0 saturated carbocycles. The Morgan fingerprint density at radius 2 is 1.60 bits per heavy atom. The number of carbonyl (C=O) groups excluding carboxylic acids is 2. The molecule has 3 saturated heterocycles. The number of benzene rings is 1. The molecule has 1 atom stereocenters. The second-order valence-corrected chi connectivity index (χ2v) is 13.3. The molecule has 11 heteroatoms. The lowest BCUT2D eigenvalue weighted by Gasteiger charge is -2.46. The van der Waals surface area contributed by atoms with Crippen LogP contribution >= 0.6 is 0 Å². The highest BCUT2D eigenvalue weighted by molar-refractivity contribution is 5.97. The average molecular weight is 640 g/mol. The number of aryl methyl sites for hydroxylation is 2. The highest BCUT2D eigenvalue weighted by Gasteiger charge is 2.54. The van der Waals surface area contributed by atoms with Crippen molar-refractivity contribution in [3.05, 3.63) is 34.9 Å². The molecule has 0 bridgehead atoms. The number of amides is 2. The van der Waals surface area contributed by atoms with E-state index in [9.17, 15) is 22.8 Å². The van der Waals surface area contributed by atoms with Gasteiger partial charge in [0.1, 0.15) is 5.60 Å². The summed E-state index contributed by atoms with van der Waals surface area (Å²) in [5.74, 6) is -1.86. The molecule has 0 aromatic heterocycles. The molecule has 3 fully saturated rings. The smallest absolute Gasteiger partial charge is 0.475 e. The van der Waals surface area contributed by atoms with Crippen LogP contribution in [0.1, 0.15) is 106 Å². The molecule has 0 radical (unpaired) electrons. The van der Waals surface area contributed by atoms with Gasteiger partial charge in [0.2, 0.25) is 0 Å². The van der Waals surface area contributed by atoms with Crippen molar-refractivity contribution in [2.75, 3.05) is 32.7 Å². The molecule has 3 heterocycles. The number of carboxylic acid groups (broad SMARTS) is 1. The molecule has 1 unspecified atom stereocenters. The Morgan fingerprint density at radius 1 is 1.02 bits per heavy atom. The van der Waals surface area contributed by atoms with Crippen molar-refractivity contribution in [2.24, 2.45) is 5.92 Å². The maximum atomic E-state index is 13.3. The van der Waals surface area contributed by atoms with E-state index in [-0.39, 0.29) is 23.6 Å². The van der Waals surface area contributed by atoms with Gasteiger partial charge in [0.15, 0.2) is 0 Å². The number of likely N-dealkylation sites (tertiary alicyclic amines) is 2. The molecular weight excluding hydrogens is 587 g/mol. The van der Waals surface area contributed by atoms with Crippen molar-refractivity contribution in [1.29, 1.82) is 0 Å². The van der Waals surface area contributed by atoms with E-state index in [1.807, 2.05) is 36.9 Å². The zero-order valence-corrected chi connectivity index (χ0v) is 27.6. The summed E-state index contributed by atoms with van der Waals surface area (Å²) in [6.07, 6.45) is 5.52. The molecule has 1 spiro atoms. The van der Waals surface area contributed by atoms with Gasteiger partial charge < -0.3 is 19.6 Å². The molecule has 1 N–H and O–H groups in total. The summed E-state index contributed by atoms with van der Waals surface area (Å²) in [6.45, 7) is 15.3. The maximum absolute atomic E-state index is 13.3. The average Bonchev–Trinajstić information content (AvgIpc) is 3.23. The monoisotopic (exact) mass is 639 g/mol. The van der Waals surface area contributed by atoms with Gasteiger partial charge in [-0.25, -0.2) is 9.59 Å². The van der Waals surface area contributed by atoms with Gasteiger partial charge in [-0.15, -0.1) is 0 Å². The quantitative estimate of drug-likeness (QED) is 0.272. The number of alkyl halides is 3. The summed E-state index contributed by atoms with van der Waals surface area (Å²) in [4.78, 5) is 42.0. The Kier molecular flexibility index (Phi) is 13.1. The molecule has 3 aliphatic rings. The number of carbonyl (C=O) groups is 3. The summed E-state index contributed by atoms with van der Waals surface area (Å²) in [7, 11) is 0. The summed E-state index contributed by atoms with van der Waals surface area (Å²) in [5, 5.41) is 7.12. The Bertz CT molecular complexity index is 1120. The van der Waals surface area contributed by atoms with Crippen molar-refractivity contribution in [3.63, 3.8) is 0 Å². The maximum Gasteiger partial charge on any atom is 0.490 e. The largest absolute Gasteiger partial charge is 0.490 e. The van der Waals surface area contributed by atoms with Gasteiger partial charge in [0, 0.05) is 57.2 Å². The highest BCUT2D eigenvalue weighted by atomic mass is 19.4. The lowest BCUT2D eigenvalue weighted by atomic mass is 9.81. The number of aliphatic carboxylic acids is 1. The van der Waals surface area contributed by atoms with Crippen LogP contribution in [0.15, 0.2) is 18.2 Å². The Hall–Kier alpha value is -2.82. The standard InChI is InChI=1S/C32H51N3O3.C2HF3O2/c1-6-7-14-28-32(38-31(37)35(28)19-9-8-11-24(2)3)17-22-33(23-18-32)27-15-20-34(21-16-27)30(36)29-25(4)12-10-13-26(29)5;3-2(4,5)1(6)7/h10,12-13,24,27-28H,6-9,11,14-23H2,1-5H3;(H,6,7). The van der Waals surface area contributed by atoms with Crippen LogP contribution in [0.3, 0.4) is 0 Å².